The molecule has 110 valence electrons. The fraction of sp³-hybridized carbons (Fsp3) is 0.100. The van der Waals surface area contributed by atoms with E-state index in [0.717, 1.165) is 0 Å². The third kappa shape index (κ3) is 2.41. The molecule has 3 rings (SSSR count). The number of benzene rings is 3. The zero-order chi connectivity index (χ0) is 15.4. The van der Waals surface area contributed by atoms with Crippen LogP contribution < -0.4 is 21.3 Å². The SMILES string of the molecule is C[C@H](N)[Si](c1ccccc1)(c1ccccc1)c1ccccc1. The largest absolute Gasteiger partial charge is 0.329 e. The topological polar surface area (TPSA) is 26.0 Å². The van der Waals surface area contributed by atoms with Crippen LogP contribution >= 0.6 is 0 Å². The molecule has 1 nitrogen and oxygen atoms in total. The molecule has 2 N–H and O–H groups in total. The Bertz CT molecular complexity index is 612. The minimum Gasteiger partial charge on any atom is -0.329 e. The third-order valence-electron chi connectivity index (χ3n) is 4.37. The molecule has 0 fully saturated rings. The second-order valence-electron chi connectivity index (χ2n) is 5.69. The van der Waals surface area contributed by atoms with E-state index in [1.165, 1.54) is 15.6 Å². The Labute approximate surface area is 133 Å². The highest BCUT2D eigenvalue weighted by Crippen LogP contribution is 2.10. The molecular formula is C20H21NSi. The smallest absolute Gasteiger partial charge is 0.164 e. The van der Waals surface area contributed by atoms with Crippen molar-refractivity contribution in [1.82, 2.24) is 0 Å². The Morgan fingerprint density at radius 3 is 1.09 bits per heavy atom. The lowest BCUT2D eigenvalue weighted by Crippen LogP contribution is -2.75. The van der Waals surface area contributed by atoms with Crippen LogP contribution in [-0.4, -0.2) is 13.7 Å². The van der Waals surface area contributed by atoms with Crippen LogP contribution in [0, 0.1) is 0 Å². The standard InChI is InChI=1S/C20H21NSi/c1-17(21)22(18-11-5-2-6-12-18,19-13-7-3-8-14-19)20-15-9-4-10-16-20/h2-17H,21H2,1H3/t17-/m1/s1. The first kappa shape index (κ1) is 14.8. The predicted molar refractivity (Wildman–Crippen MR) is 97.6 cm³/mol. The number of hydrogen-bond acceptors (Lipinski definition) is 1. The first-order valence-corrected chi connectivity index (χ1v) is 9.76. The van der Waals surface area contributed by atoms with Gasteiger partial charge in [-0.1, -0.05) is 97.9 Å². The van der Waals surface area contributed by atoms with Gasteiger partial charge >= 0.3 is 0 Å². The molecule has 1 atom stereocenters. The van der Waals surface area contributed by atoms with Gasteiger partial charge in [0, 0.05) is 5.67 Å². The van der Waals surface area contributed by atoms with Gasteiger partial charge in [-0.25, -0.2) is 0 Å². The Balaban J connectivity index is 2.34. The van der Waals surface area contributed by atoms with Gasteiger partial charge in [0.2, 0.25) is 0 Å². The van der Waals surface area contributed by atoms with Crippen molar-refractivity contribution >= 4 is 23.6 Å². The van der Waals surface area contributed by atoms with Crippen molar-refractivity contribution in [2.24, 2.45) is 5.73 Å². The molecule has 0 aliphatic rings. The summed E-state index contributed by atoms with van der Waals surface area (Å²) in [6, 6.07) is 32.3. The molecule has 0 unspecified atom stereocenters. The van der Waals surface area contributed by atoms with Crippen LogP contribution in [0.25, 0.3) is 0 Å². The van der Waals surface area contributed by atoms with Gasteiger partial charge in [-0.15, -0.1) is 0 Å². The third-order valence-corrected chi connectivity index (χ3v) is 9.47. The molecule has 0 spiro atoms. The van der Waals surface area contributed by atoms with Crippen LogP contribution in [0.4, 0.5) is 0 Å². The molecule has 0 aliphatic heterocycles. The van der Waals surface area contributed by atoms with Gasteiger partial charge in [0.15, 0.2) is 8.07 Å². The van der Waals surface area contributed by atoms with Crippen molar-refractivity contribution in [3.63, 3.8) is 0 Å². The quantitative estimate of drug-likeness (QED) is 0.579. The molecule has 0 heterocycles. The van der Waals surface area contributed by atoms with Crippen molar-refractivity contribution in [3.8, 4) is 0 Å². The van der Waals surface area contributed by atoms with Crippen molar-refractivity contribution in [1.29, 1.82) is 0 Å². The lowest BCUT2D eigenvalue weighted by molar-refractivity contribution is 0.995. The van der Waals surface area contributed by atoms with Crippen LogP contribution in [0.1, 0.15) is 6.92 Å². The van der Waals surface area contributed by atoms with Gasteiger partial charge < -0.3 is 5.73 Å². The second kappa shape index (κ2) is 6.30. The summed E-state index contributed by atoms with van der Waals surface area (Å²) in [6.45, 7) is 2.15. The van der Waals surface area contributed by atoms with Gasteiger partial charge in [0.25, 0.3) is 0 Å². The molecule has 0 saturated heterocycles. The van der Waals surface area contributed by atoms with Gasteiger partial charge in [0.05, 0.1) is 0 Å². The summed E-state index contributed by atoms with van der Waals surface area (Å²) in [5.74, 6) is 0. The highest BCUT2D eigenvalue weighted by atomic mass is 28.3. The van der Waals surface area contributed by atoms with E-state index in [-0.39, 0.29) is 5.67 Å². The molecule has 0 amide bonds. The van der Waals surface area contributed by atoms with Gasteiger partial charge in [-0.3, -0.25) is 0 Å². The average molecular weight is 303 g/mol. The fourth-order valence-corrected chi connectivity index (χ4v) is 8.12. The Hall–Kier alpha value is -2.16. The Kier molecular flexibility index (Phi) is 4.23. The van der Waals surface area contributed by atoms with Crippen molar-refractivity contribution < 1.29 is 0 Å². The normalized spacial score (nSPS) is 12.8. The summed E-state index contributed by atoms with van der Waals surface area (Å²) in [4.78, 5) is 0. The fourth-order valence-electron chi connectivity index (χ4n) is 3.39. The summed E-state index contributed by atoms with van der Waals surface area (Å²) < 4.78 is 0. The zero-order valence-corrected chi connectivity index (χ0v) is 13.8. The summed E-state index contributed by atoms with van der Waals surface area (Å²) in [5, 5.41) is 4.09. The number of nitrogens with two attached hydrogens (primary N) is 1. The van der Waals surface area contributed by atoms with Crippen molar-refractivity contribution in [2.75, 3.05) is 0 Å². The second-order valence-corrected chi connectivity index (χ2v) is 9.95. The van der Waals surface area contributed by atoms with E-state index in [1.54, 1.807) is 0 Å². The van der Waals surface area contributed by atoms with Crippen LogP contribution in [0.15, 0.2) is 91.0 Å². The summed E-state index contributed by atoms with van der Waals surface area (Å²) >= 11 is 0. The highest BCUT2D eigenvalue weighted by Gasteiger charge is 2.42. The van der Waals surface area contributed by atoms with Crippen molar-refractivity contribution in [2.45, 2.75) is 12.6 Å². The van der Waals surface area contributed by atoms with E-state index in [4.69, 9.17) is 5.73 Å². The maximum absolute atomic E-state index is 6.63. The maximum atomic E-state index is 6.63. The molecule has 0 aromatic heterocycles. The molecule has 0 aliphatic carbocycles. The summed E-state index contributed by atoms with van der Waals surface area (Å²) in [6.07, 6.45) is 0. The minimum atomic E-state index is -2.22. The molecule has 0 radical (unpaired) electrons. The molecule has 2 heteroatoms. The molecular weight excluding hydrogens is 282 g/mol. The lowest BCUT2D eigenvalue weighted by atomic mass is 10.3. The monoisotopic (exact) mass is 303 g/mol. The van der Waals surface area contributed by atoms with Crippen LogP contribution in [0.3, 0.4) is 0 Å². The van der Waals surface area contributed by atoms with Gasteiger partial charge in [0.1, 0.15) is 0 Å². The molecule has 22 heavy (non-hydrogen) atoms. The van der Waals surface area contributed by atoms with E-state index >= 15 is 0 Å². The van der Waals surface area contributed by atoms with Crippen LogP contribution in [0.5, 0.6) is 0 Å². The predicted octanol–water partition coefficient (Wildman–Crippen LogP) is 2.04. The lowest BCUT2D eigenvalue weighted by Gasteiger charge is -2.37. The Morgan fingerprint density at radius 2 is 0.864 bits per heavy atom. The highest BCUT2D eigenvalue weighted by molar-refractivity contribution is 7.12. The molecule has 3 aromatic rings. The number of rotatable bonds is 4. The van der Waals surface area contributed by atoms with E-state index < -0.39 is 8.07 Å². The molecule has 0 saturated carbocycles. The first-order chi connectivity index (χ1) is 10.8. The van der Waals surface area contributed by atoms with E-state index in [0.29, 0.717) is 0 Å². The van der Waals surface area contributed by atoms with E-state index in [1.807, 2.05) is 0 Å². The summed E-state index contributed by atoms with van der Waals surface area (Å²) in [5.41, 5.74) is 6.71. The summed E-state index contributed by atoms with van der Waals surface area (Å²) in [7, 11) is -2.22. The van der Waals surface area contributed by atoms with E-state index in [2.05, 4.69) is 97.9 Å². The van der Waals surface area contributed by atoms with Crippen LogP contribution in [-0.2, 0) is 0 Å². The van der Waals surface area contributed by atoms with Gasteiger partial charge in [-0.2, -0.15) is 0 Å². The zero-order valence-electron chi connectivity index (χ0n) is 12.8. The molecule has 0 bridgehead atoms. The molecule has 3 aromatic carbocycles. The average Bonchev–Trinajstić information content (AvgIpc) is 2.58. The van der Waals surface area contributed by atoms with Crippen LogP contribution in [0.2, 0.25) is 0 Å². The number of hydrogen-bond donors (Lipinski definition) is 1. The van der Waals surface area contributed by atoms with Gasteiger partial charge in [-0.05, 0) is 15.6 Å². The maximum Gasteiger partial charge on any atom is 0.164 e. The minimum absolute atomic E-state index is 0.0831. The van der Waals surface area contributed by atoms with E-state index in [9.17, 15) is 0 Å². The Morgan fingerprint density at radius 1 is 0.591 bits per heavy atom. The first-order valence-electron chi connectivity index (χ1n) is 7.68. The van der Waals surface area contributed by atoms with Crippen molar-refractivity contribution in [3.05, 3.63) is 91.0 Å².